The summed E-state index contributed by atoms with van der Waals surface area (Å²) in [6.07, 6.45) is 0.656. The highest BCUT2D eigenvalue weighted by atomic mass is 16.3. The standard InChI is InChI=1S/C17H26N2O2/c1-11-7-12(2)9-16(8-11)18-17(21)13(3)19-6-5-15(10-19)14(4)20/h7-9,13-15,20H,5-6,10H2,1-4H3,(H,18,21). The molecule has 0 radical (unpaired) electrons. The van der Waals surface area contributed by atoms with Gasteiger partial charge in [0.2, 0.25) is 5.91 Å². The number of aliphatic hydroxyl groups excluding tert-OH is 1. The van der Waals surface area contributed by atoms with E-state index in [2.05, 4.69) is 16.3 Å². The fraction of sp³-hybridized carbons (Fsp3) is 0.588. The third kappa shape index (κ3) is 4.05. The SMILES string of the molecule is Cc1cc(C)cc(NC(=O)C(C)N2CCC(C(C)O)C2)c1. The van der Waals surface area contributed by atoms with Crippen LogP contribution in [0.4, 0.5) is 5.69 Å². The number of hydrogen-bond donors (Lipinski definition) is 2. The van der Waals surface area contributed by atoms with Crippen LogP contribution in [0.25, 0.3) is 0 Å². The summed E-state index contributed by atoms with van der Waals surface area (Å²) >= 11 is 0. The number of rotatable bonds is 4. The Morgan fingerprint density at radius 2 is 1.90 bits per heavy atom. The first-order valence-electron chi connectivity index (χ1n) is 7.68. The van der Waals surface area contributed by atoms with Gasteiger partial charge < -0.3 is 10.4 Å². The van der Waals surface area contributed by atoms with E-state index in [9.17, 15) is 9.90 Å². The molecule has 0 aliphatic carbocycles. The molecule has 4 heteroatoms. The Labute approximate surface area is 127 Å². The zero-order chi connectivity index (χ0) is 15.6. The molecule has 21 heavy (non-hydrogen) atoms. The number of benzene rings is 1. The fourth-order valence-corrected chi connectivity index (χ4v) is 3.02. The maximum atomic E-state index is 12.4. The lowest BCUT2D eigenvalue weighted by molar-refractivity contribution is -0.120. The molecule has 1 aromatic carbocycles. The van der Waals surface area contributed by atoms with Crippen molar-refractivity contribution < 1.29 is 9.90 Å². The van der Waals surface area contributed by atoms with Crippen molar-refractivity contribution in [2.75, 3.05) is 18.4 Å². The Morgan fingerprint density at radius 1 is 1.29 bits per heavy atom. The number of nitrogens with one attached hydrogen (secondary N) is 1. The summed E-state index contributed by atoms with van der Waals surface area (Å²) in [4.78, 5) is 14.5. The molecular weight excluding hydrogens is 264 g/mol. The fourth-order valence-electron chi connectivity index (χ4n) is 3.02. The third-order valence-corrected chi connectivity index (χ3v) is 4.35. The summed E-state index contributed by atoms with van der Waals surface area (Å²) < 4.78 is 0. The average molecular weight is 290 g/mol. The van der Waals surface area contributed by atoms with Gasteiger partial charge in [0.1, 0.15) is 0 Å². The highest BCUT2D eigenvalue weighted by Gasteiger charge is 2.31. The van der Waals surface area contributed by atoms with Crippen LogP contribution in [0.3, 0.4) is 0 Å². The number of carbonyl (C=O) groups excluding carboxylic acids is 1. The van der Waals surface area contributed by atoms with E-state index in [1.54, 1.807) is 0 Å². The zero-order valence-corrected chi connectivity index (χ0v) is 13.4. The van der Waals surface area contributed by atoms with Crippen molar-refractivity contribution in [2.24, 2.45) is 5.92 Å². The van der Waals surface area contributed by atoms with Crippen LogP contribution in [0.2, 0.25) is 0 Å². The first-order valence-corrected chi connectivity index (χ1v) is 7.68. The quantitative estimate of drug-likeness (QED) is 0.895. The Kier molecular flexibility index (Phi) is 5.01. The summed E-state index contributed by atoms with van der Waals surface area (Å²) in [5.74, 6) is 0.299. The summed E-state index contributed by atoms with van der Waals surface area (Å²) in [5, 5.41) is 12.7. The minimum Gasteiger partial charge on any atom is -0.393 e. The maximum absolute atomic E-state index is 12.4. The van der Waals surface area contributed by atoms with Crippen molar-refractivity contribution in [1.29, 1.82) is 0 Å². The molecule has 1 saturated heterocycles. The maximum Gasteiger partial charge on any atom is 0.241 e. The van der Waals surface area contributed by atoms with Crippen molar-refractivity contribution in [1.82, 2.24) is 4.90 Å². The number of anilines is 1. The Hall–Kier alpha value is -1.39. The Morgan fingerprint density at radius 3 is 2.43 bits per heavy atom. The van der Waals surface area contributed by atoms with Crippen LogP contribution >= 0.6 is 0 Å². The van der Waals surface area contributed by atoms with E-state index >= 15 is 0 Å². The van der Waals surface area contributed by atoms with Crippen LogP contribution in [0.15, 0.2) is 18.2 Å². The monoisotopic (exact) mass is 290 g/mol. The molecule has 0 bridgehead atoms. The Bertz CT molecular complexity index is 493. The van der Waals surface area contributed by atoms with Gasteiger partial charge in [0.15, 0.2) is 0 Å². The number of aryl methyl sites for hydroxylation is 2. The third-order valence-electron chi connectivity index (χ3n) is 4.35. The van der Waals surface area contributed by atoms with E-state index in [-0.39, 0.29) is 24.0 Å². The molecule has 1 amide bonds. The average Bonchev–Trinajstić information content (AvgIpc) is 2.86. The first-order chi connectivity index (χ1) is 9.86. The van der Waals surface area contributed by atoms with E-state index in [1.807, 2.05) is 39.8 Å². The molecule has 2 rings (SSSR count). The van der Waals surface area contributed by atoms with E-state index in [1.165, 1.54) is 0 Å². The van der Waals surface area contributed by atoms with Gasteiger partial charge in [-0.1, -0.05) is 6.07 Å². The highest BCUT2D eigenvalue weighted by Crippen LogP contribution is 2.22. The van der Waals surface area contributed by atoms with Gasteiger partial charge in [-0.2, -0.15) is 0 Å². The molecule has 1 aliphatic heterocycles. The molecule has 1 aromatic rings. The number of aliphatic hydroxyl groups is 1. The second kappa shape index (κ2) is 6.58. The van der Waals surface area contributed by atoms with Crippen LogP contribution in [0, 0.1) is 19.8 Å². The highest BCUT2D eigenvalue weighted by molar-refractivity contribution is 5.94. The second-order valence-electron chi connectivity index (χ2n) is 6.33. The van der Waals surface area contributed by atoms with Crippen LogP contribution in [-0.2, 0) is 4.79 Å². The van der Waals surface area contributed by atoms with Crippen molar-refractivity contribution >= 4 is 11.6 Å². The molecule has 1 heterocycles. The normalized spacial score (nSPS) is 22.0. The molecular formula is C17H26N2O2. The zero-order valence-electron chi connectivity index (χ0n) is 13.4. The summed E-state index contributed by atoms with van der Waals surface area (Å²) in [6, 6.07) is 5.89. The van der Waals surface area contributed by atoms with Crippen molar-refractivity contribution in [3.63, 3.8) is 0 Å². The molecule has 0 saturated carbocycles. The van der Waals surface area contributed by atoms with Crippen molar-refractivity contribution in [3.05, 3.63) is 29.3 Å². The van der Waals surface area contributed by atoms with Crippen molar-refractivity contribution in [2.45, 2.75) is 46.3 Å². The van der Waals surface area contributed by atoms with E-state index in [0.29, 0.717) is 0 Å². The number of carbonyl (C=O) groups is 1. The molecule has 3 unspecified atom stereocenters. The van der Waals surface area contributed by atoms with Gasteiger partial charge in [-0.05, 0) is 69.8 Å². The van der Waals surface area contributed by atoms with Crippen LogP contribution in [0.1, 0.15) is 31.4 Å². The topological polar surface area (TPSA) is 52.6 Å². The number of hydrogen-bond acceptors (Lipinski definition) is 3. The molecule has 116 valence electrons. The Balaban J connectivity index is 1.97. The lowest BCUT2D eigenvalue weighted by Gasteiger charge is -2.24. The minimum absolute atomic E-state index is 0.0197. The van der Waals surface area contributed by atoms with E-state index < -0.39 is 0 Å². The van der Waals surface area contributed by atoms with Gasteiger partial charge in [-0.3, -0.25) is 9.69 Å². The summed E-state index contributed by atoms with van der Waals surface area (Å²) in [5.41, 5.74) is 3.15. The van der Waals surface area contributed by atoms with Gasteiger partial charge in [-0.15, -0.1) is 0 Å². The number of likely N-dealkylation sites (tertiary alicyclic amines) is 1. The van der Waals surface area contributed by atoms with E-state index in [4.69, 9.17) is 0 Å². The number of amides is 1. The molecule has 0 aromatic heterocycles. The van der Waals surface area contributed by atoms with E-state index in [0.717, 1.165) is 36.3 Å². The molecule has 3 atom stereocenters. The predicted octanol–water partition coefficient (Wildman–Crippen LogP) is 2.33. The van der Waals surface area contributed by atoms with Gasteiger partial charge in [0, 0.05) is 12.2 Å². The molecule has 1 aliphatic rings. The lowest BCUT2D eigenvalue weighted by atomic mass is 10.0. The predicted molar refractivity (Wildman–Crippen MR) is 85.4 cm³/mol. The van der Waals surface area contributed by atoms with Crippen LogP contribution < -0.4 is 5.32 Å². The van der Waals surface area contributed by atoms with Crippen molar-refractivity contribution in [3.8, 4) is 0 Å². The minimum atomic E-state index is -0.301. The second-order valence-corrected chi connectivity index (χ2v) is 6.33. The molecule has 2 N–H and O–H groups in total. The van der Waals surface area contributed by atoms with Gasteiger partial charge in [-0.25, -0.2) is 0 Å². The summed E-state index contributed by atoms with van der Waals surface area (Å²) in [6.45, 7) is 9.48. The molecule has 1 fully saturated rings. The smallest absolute Gasteiger partial charge is 0.241 e. The van der Waals surface area contributed by atoms with Gasteiger partial charge in [0.25, 0.3) is 0 Å². The molecule has 0 spiro atoms. The first kappa shape index (κ1) is 16.0. The van der Waals surface area contributed by atoms with Crippen LogP contribution in [0.5, 0.6) is 0 Å². The largest absolute Gasteiger partial charge is 0.393 e. The van der Waals surface area contributed by atoms with Gasteiger partial charge >= 0.3 is 0 Å². The lowest BCUT2D eigenvalue weighted by Crippen LogP contribution is -2.41. The van der Waals surface area contributed by atoms with Gasteiger partial charge in [0.05, 0.1) is 12.1 Å². The summed E-state index contributed by atoms with van der Waals surface area (Å²) in [7, 11) is 0. The molecule has 4 nitrogen and oxygen atoms in total. The van der Waals surface area contributed by atoms with Crippen LogP contribution in [-0.4, -0.2) is 41.1 Å². The number of nitrogens with zero attached hydrogens (tertiary/aromatic N) is 1.